The molecule has 0 saturated carbocycles. The molecule has 44 heavy (non-hydrogen) atoms. The van der Waals surface area contributed by atoms with Gasteiger partial charge in [-0.25, -0.2) is 0 Å². The van der Waals surface area contributed by atoms with Gasteiger partial charge in [0.15, 0.2) is 17.3 Å². The molecule has 2 heterocycles. The van der Waals surface area contributed by atoms with E-state index in [4.69, 9.17) is 19.6 Å². The summed E-state index contributed by atoms with van der Waals surface area (Å²) in [5, 5.41) is 26.8. The van der Waals surface area contributed by atoms with Crippen LogP contribution in [0, 0.1) is 11.8 Å². The maximum absolute atomic E-state index is 12.2. The van der Waals surface area contributed by atoms with Crippen LogP contribution in [0.4, 0.5) is 0 Å². The van der Waals surface area contributed by atoms with Gasteiger partial charge in [-0.2, -0.15) is 10.2 Å². The van der Waals surface area contributed by atoms with Gasteiger partial charge in [0.2, 0.25) is 0 Å². The summed E-state index contributed by atoms with van der Waals surface area (Å²) in [7, 11) is 5.32. The molecule has 1 unspecified atom stereocenters. The number of carboxylic acids is 1. The molecule has 2 aromatic heterocycles. The normalized spacial score (nSPS) is 10.6. The molecule has 0 fully saturated rings. The first-order valence-corrected chi connectivity index (χ1v) is 14.6. The second-order valence-electron chi connectivity index (χ2n) is 10.7. The lowest BCUT2D eigenvalue weighted by Gasteiger charge is -2.02. The number of benzene rings is 2. The minimum atomic E-state index is -1.01. The number of methoxy groups -OCH3 is 2. The van der Waals surface area contributed by atoms with Crippen molar-refractivity contribution in [3.63, 3.8) is 0 Å². The first-order chi connectivity index (χ1) is 20.6. The number of hydrogen-bond acceptors (Lipinski definition) is 9. The maximum Gasteiger partial charge on any atom is 0.325 e. The molecule has 236 valence electrons. The highest BCUT2D eigenvalue weighted by molar-refractivity contribution is 7.59. The van der Waals surface area contributed by atoms with E-state index in [0.29, 0.717) is 33.8 Å². The molecule has 0 aliphatic carbocycles. The Morgan fingerprint density at radius 2 is 1.18 bits per heavy atom. The zero-order valence-corrected chi connectivity index (χ0v) is 27.5. The van der Waals surface area contributed by atoms with Crippen LogP contribution < -0.4 is 9.47 Å². The first kappa shape index (κ1) is 36.1. The van der Waals surface area contributed by atoms with Crippen LogP contribution >= 0.6 is 9.12 Å². The lowest BCUT2D eigenvalue weighted by Crippen LogP contribution is -2.13. The molecule has 0 aliphatic rings. The van der Waals surface area contributed by atoms with Crippen molar-refractivity contribution >= 4 is 60.9 Å². The number of aromatic nitrogens is 4. The summed E-state index contributed by atoms with van der Waals surface area (Å²) in [4.78, 5) is 46.6. The fourth-order valence-electron chi connectivity index (χ4n) is 4.05. The van der Waals surface area contributed by atoms with Gasteiger partial charge < -0.3 is 19.6 Å². The Morgan fingerprint density at radius 3 is 1.48 bits per heavy atom. The molecule has 1 atom stereocenters. The second kappa shape index (κ2) is 16.1. The summed E-state index contributed by atoms with van der Waals surface area (Å²) < 4.78 is 13.2. The summed E-state index contributed by atoms with van der Waals surface area (Å²) in [6, 6.07) is 10.5. The average Bonchev–Trinajstić information content (AvgIpc) is 3.48. The largest absolute Gasteiger partial charge is 0.497 e. The van der Waals surface area contributed by atoms with Crippen LogP contribution in [-0.2, 0) is 22.7 Å². The third kappa shape index (κ3) is 9.46. The number of ketones is 3. The van der Waals surface area contributed by atoms with Gasteiger partial charge in [0.05, 0.1) is 31.8 Å². The lowest BCUT2D eigenvalue weighted by molar-refractivity contribution is -0.137. The number of rotatable bonds is 10. The third-order valence-electron chi connectivity index (χ3n) is 6.09. The smallest absolute Gasteiger partial charge is 0.325 e. The van der Waals surface area contributed by atoms with Crippen molar-refractivity contribution in [3.05, 3.63) is 47.8 Å². The summed E-state index contributed by atoms with van der Waals surface area (Å²) in [5.41, 5.74) is 2.04. The topological polar surface area (TPSA) is 163 Å². The van der Waals surface area contributed by atoms with Crippen molar-refractivity contribution < 1.29 is 38.8 Å². The molecule has 0 saturated heterocycles. The number of Topliss-reactive ketones (excluding diaryl/α,β-unsaturated/α-hetero) is 3. The summed E-state index contributed by atoms with van der Waals surface area (Å²) >= 11 is 0. The Balaban J connectivity index is 0.000000274. The monoisotopic (exact) mass is 626 g/mol. The number of ether oxygens (including phenoxy) is 2. The highest BCUT2D eigenvalue weighted by atomic mass is 31.0. The fraction of sp³-hybridized carbons (Fsp3) is 0.400. The molecular formula is C30H40BN4O8P. The van der Waals surface area contributed by atoms with E-state index in [1.54, 1.807) is 62.8 Å². The molecule has 4 aromatic rings. The zero-order valence-electron chi connectivity index (χ0n) is 26.3. The van der Waals surface area contributed by atoms with Crippen LogP contribution in [0.2, 0.25) is 6.82 Å². The van der Waals surface area contributed by atoms with Crippen LogP contribution in [-0.4, -0.2) is 73.9 Å². The van der Waals surface area contributed by atoms with Crippen LogP contribution in [0.25, 0.3) is 21.8 Å². The van der Waals surface area contributed by atoms with Crippen molar-refractivity contribution in [1.29, 1.82) is 0 Å². The SMILES string of the molecule is CB(O)P.COc1ccc2c(C(=O)C(C)C)nn(CC(=O)O)c2c1.COc1ccc2c(C(=O)C(C)C)nn(CC(C)=O)c2c1. The first-order valence-electron chi connectivity index (χ1n) is 13.9. The van der Waals surface area contributed by atoms with Gasteiger partial charge in [-0.3, -0.25) is 28.5 Å². The molecule has 0 amide bonds. The Labute approximate surface area is 259 Å². The molecular weight excluding hydrogens is 586 g/mol. The van der Waals surface area contributed by atoms with Crippen LogP contribution in [0.1, 0.15) is 55.6 Å². The maximum atomic E-state index is 12.2. The number of carbonyl (C=O) groups is 4. The van der Waals surface area contributed by atoms with E-state index in [-0.39, 0.29) is 48.9 Å². The fourth-order valence-corrected chi connectivity index (χ4v) is 4.05. The van der Waals surface area contributed by atoms with Crippen molar-refractivity contribution in [3.8, 4) is 11.5 Å². The molecule has 0 bridgehead atoms. The summed E-state index contributed by atoms with van der Waals surface area (Å²) in [5.74, 6) is -0.235. The van der Waals surface area contributed by atoms with E-state index in [1.807, 2.05) is 19.9 Å². The van der Waals surface area contributed by atoms with E-state index in [2.05, 4.69) is 19.3 Å². The van der Waals surface area contributed by atoms with Gasteiger partial charge in [-0.15, -0.1) is 9.12 Å². The van der Waals surface area contributed by atoms with E-state index in [0.717, 1.165) is 10.9 Å². The van der Waals surface area contributed by atoms with E-state index >= 15 is 0 Å². The quantitative estimate of drug-likeness (QED) is 0.146. The molecule has 0 radical (unpaired) electrons. The van der Waals surface area contributed by atoms with Crippen molar-refractivity contribution in [2.75, 3.05) is 14.2 Å². The molecule has 14 heteroatoms. The van der Waals surface area contributed by atoms with Crippen molar-refractivity contribution in [1.82, 2.24) is 19.6 Å². The van der Waals surface area contributed by atoms with E-state index < -0.39 is 5.97 Å². The predicted octanol–water partition coefficient (Wildman–Crippen LogP) is 4.41. The Morgan fingerprint density at radius 1 is 0.818 bits per heavy atom. The number of fused-ring (bicyclic) bond motifs is 2. The molecule has 2 aromatic carbocycles. The summed E-state index contributed by atoms with van der Waals surface area (Å²) in [6.45, 7) is 10.0. The molecule has 2 N–H and O–H groups in total. The minimum absolute atomic E-state index is 0.0132. The molecule has 0 spiro atoms. The zero-order chi connectivity index (χ0) is 33.3. The average molecular weight is 626 g/mol. The predicted molar refractivity (Wildman–Crippen MR) is 173 cm³/mol. The number of carbonyl (C=O) groups excluding carboxylic acids is 3. The Hall–Kier alpha value is -4.09. The van der Waals surface area contributed by atoms with Gasteiger partial charge in [0, 0.05) is 34.7 Å². The van der Waals surface area contributed by atoms with Gasteiger partial charge in [0.1, 0.15) is 29.4 Å². The Bertz CT molecular complexity index is 1520. The van der Waals surface area contributed by atoms with Gasteiger partial charge in [0.25, 0.3) is 0 Å². The van der Waals surface area contributed by atoms with Gasteiger partial charge >= 0.3 is 12.6 Å². The van der Waals surface area contributed by atoms with Crippen LogP contribution in [0.5, 0.6) is 11.5 Å². The lowest BCUT2D eigenvalue weighted by atomic mass is 10.0. The molecule has 12 nitrogen and oxygen atoms in total. The number of hydrogen-bond donors (Lipinski definition) is 2. The number of nitrogens with zero attached hydrogens (tertiary/aromatic N) is 4. The standard InChI is InChI=1S/C15H18N2O3.C14H16N2O4.CH6BOP/c1-9(2)15(19)14-12-6-5-11(20-4)7-13(12)17(16-14)8-10(3)18;1-8(2)14(19)13-10-5-4-9(20-3)6-11(10)16(15-13)7-12(17)18;1-2(3)4/h5-7,9H,8H2,1-4H3;4-6,8H,7H2,1-3H3,(H,17,18);3H,4H2,1H3. The highest BCUT2D eigenvalue weighted by Crippen LogP contribution is 2.27. The minimum Gasteiger partial charge on any atom is -0.497 e. The van der Waals surface area contributed by atoms with E-state index in [1.165, 1.54) is 18.7 Å². The second-order valence-corrected chi connectivity index (χ2v) is 11.6. The van der Waals surface area contributed by atoms with Gasteiger partial charge in [-0.05, 0) is 31.2 Å². The third-order valence-corrected chi connectivity index (χ3v) is 6.09. The summed E-state index contributed by atoms with van der Waals surface area (Å²) in [6.07, 6.45) is 0. The molecule has 0 aliphatic heterocycles. The van der Waals surface area contributed by atoms with Crippen molar-refractivity contribution in [2.24, 2.45) is 11.8 Å². The van der Waals surface area contributed by atoms with Crippen LogP contribution in [0.3, 0.4) is 0 Å². The van der Waals surface area contributed by atoms with Crippen LogP contribution in [0.15, 0.2) is 36.4 Å². The Kier molecular flexibility index (Phi) is 13.2. The van der Waals surface area contributed by atoms with Gasteiger partial charge in [-0.1, -0.05) is 34.5 Å². The number of carboxylic acid groups (broad SMARTS) is 1. The molecule has 4 rings (SSSR count). The number of aliphatic carboxylic acids is 1. The van der Waals surface area contributed by atoms with E-state index in [9.17, 15) is 19.2 Å². The highest BCUT2D eigenvalue weighted by Gasteiger charge is 2.22. The van der Waals surface area contributed by atoms with Crippen molar-refractivity contribution in [2.45, 2.75) is 54.5 Å².